The molecule has 0 amide bonds. The van der Waals surface area contributed by atoms with E-state index in [1.165, 1.54) is 21.9 Å². The number of hydrogen-bond acceptors (Lipinski definition) is 2. The smallest absolute Gasteiger partial charge is 0.255 e. The average molecular weight is 342 g/mol. The second kappa shape index (κ2) is 6.10. The molecule has 0 spiro atoms. The maximum atomic E-state index is 12.9. The molecule has 0 aliphatic heterocycles. The van der Waals surface area contributed by atoms with Gasteiger partial charge in [-0.05, 0) is 67.3 Å². The maximum Gasteiger partial charge on any atom is 0.255 e. The SMILES string of the molecule is Cc1nc2c(cc(C)c(=O)n2Cc2ccc3ccccc3c2)c(C)c1C. The van der Waals surface area contributed by atoms with Gasteiger partial charge < -0.3 is 0 Å². The largest absolute Gasteiger partial charge is 0.288 e. The van der Waals surface area contributed by atoms with Crippen LogP contribution in [0.15, 0.2) is 53.3 Å². The highest BCUT2D eigenvalue weighted by atomic mass is 16.1. The minimum Gasteiger partial charge on any atom is -0.288 e. The van der Waals surface area contributed by atoms with Gasteiger partial charge in [-0.1, -0.05) is 36.4 Å². The first-order valence-electron chi connectivity index (χ1n) is 8.91. The first-order chi connectivity index (χ1) is 12.5. The summed E-state index contributed by atoms with van der Waals surface area (Å²) in [6.45, 7) is 8.61. The molecule has 26 heavy (non-hydrogen) atoms. The van der Waals surface area contributed by atoms with Crippen LogP contribution in [-0.2, 0) is 6.54 Å². The van der Waals surface area contributed by atoms with Crippen LogP contribution in [0.25, 0.3) is 21.8 Å². The van der Waals surface area contributed by atoms with Crippen molar-refractivity contribution < 1.29 is 0 Å². The van der Waals surface area contributed by atoms with Crippen LogP contribution < -0.4 is 5.56 Å². The van der Waals surface area contributed by atoms with Crippen LogP contribution in [0, 0.1) is 27.7 Å². The molecular weight excluding hydrogens is 320 g/mol. The summed E-state index contributed by atoms with van der Waals surface area (Å²) in [5.74, 6) is 0. The topological polar surface area (TPSA) is 34.9 Å². The fraction of sp³-hybridized carbons (Fsp3) is 0.217. The summed E-state index contributed by atoms with van der Waals surface area (Å²) in [6.07, 6.45) is 0. The molecule has 0 aliphatic carbocycles. The molecule has 0 saturated carbocycles. The van der Waals surface area contributed by atoms with Gasteiger partial charge in [0.25, 0.3) is 5.56 Å². The molecule has 3 heteroatoms. The van der Waals surface area contributed by atoms with Crippen molar-refractivity contribution in [2.75, 3.05) is 0 Å². The summed E-state index contributed by atoms with van der Waals surface area (Å²) in [6, 6.07) is 16.6. The molecule has 4 aromatic rings. The number of hydrogen-bond donors (Lipinski definition) is 0. The van der Waals surface area contributed by atoms with Gasteiger partial charge in [-0.15, -0.1) is 0 Å². The lowest BCUT2D eigenvalue weighted by atomic mass is 10.0. The third-order valence-corrected chi connectivity index (χ3v) is 5.38. The molecule has 4 rings (SSSR count). The Morgan fingerprint density at radius 1 is 0.885 bits per heavy atom. The Hall–Kier alpha value is -2.94. The Bertz CT molecular complexity index is 1220. The van der Waals surface area contributed by atoms with Crippen molar-refractivity contribution >= 4 is 21.8 Å². The Labute approximate surface area is 152 Å². The van der Waals surface area contributed by atoms with Crippen molar-refractivity contribution in [2.45, 2.75) is 34.2 Å². The van der Waals surface area contributed by atoms with Gasteiger partial charge in [0, 0.05) is 16.6 Å². The molecule has 0 radical (unpaired) electrons. The lowest BCUT2D eigenvalue weighted by molar-refractivity contribution is 0.774. The summed E-state index contributed by atoms with van der Waals surface area (Å²) < 4.78 is 1.81. The molecule has 0 bridgehead atoms. The number of aryl methyl sites for hydroxylation is 3. The van der Waals surface area contributed by atoms with Gasteiger partial charge in [-0.25, -0.2) is 4.98 Å². The summed E-state index contributed by atoms with van der Waals surface area (Å²) >= 11 is 0. The lowest BCUT2D eigenvalue weighted by Crippen LogP contribution is -2.24. The maximum absolute atomic E-state index is 12.9. The Morgan fingerprint density at radius 3 is 2.38 bits per heavy atom. The van der Waals surface area contributed by atoms with Crippen molar-refractivity contribution in [2.24, 2.45) is 0 Å². The average Bonchev–Trinajstić information content (AvgIpc) is 2.64. The molecule has 3 nitrogen and oxygen atoms in total. The minimum atomic E-state index is 0.0285. The van der Waals surface area contributed by atoms with E-state index >= 15 is 0 Å². The lowest BCUT2D eigenvalue weighted by Gasteiger charge is -2.15. The summed E-state index contributed by atoms with van der Waals surface area (Å²) in [4.78, 5) is 17.6. The van der Waals surface area contributed by atoms with Gasteiger partial charge in [-0.3, -0.25) is 9.36 Å². The van der Waals surface area contributed by atoms with Crippen LogP contribution in [0.5, 0.6) is 0 Å². The van der Waals surface area contributed by atoms with E-state index in [0.717, 1.165) is 27.9 Å². The molecule has 0 N–H and O–H groups in total. The van der Waals surface area contributed by atoms with Crippen LogP contribution in [0.3, 0.4) is 0 Å². The third-order valence-electron chi connectivity index (χ3n) is 5.38. The zero-order valence-electron chi connectivity index (χ0n) is 15.6. The van der Waals surface area contributed by atoms with E-state index in [-0.39, 0.29) is 5.56 Å². The summed E-state index contributed by atoms with van der Waals surface area (Å²) in [5.41, 5.74) is 6.03. The molecule has 0 unspecified atom stereocenters. The number of fused-ring (bicyclic) bond motifs is 2. The first-order valence-corrected chi connectivity index (χ1v) is 8.91. The molecular formula is C23H22N2O. The standard InChI is InChI=1S/C23H22N2O/c1-14-11-21-16(3)15(2)17(4)24-22(21)25(23(14)26)13-18-9-10-19-7-5-6-8-20(19)12-18/h5-12H,13H2,1-4H3. The minimum absolute atomic E-state index is 0.0285. The fourth-order valence-corrected chi connectivity index (χ4v) is 3.58. The van der Waals surface area contributed by atoms with Crippen molar-refractivity contribution in [3.63, 3.8) is 0 Å². The van der Waals surface area contributed by atoms with E-state index in [1.807, 2.05) is 36.6 Å². The second-order valence-corrected chi connectivity index (χ2v) is 7.08. The van der Waals surface area contributed by atoms with Gasteiger partial charge in [-0.2, -0.15) is 0 Å². The van der Waals surface area contributed by atoms with Crippen LogP contribution in [-0.4, -0.2) is 9.55 Å². The molecule has 0 atom stereocenters. The van der Waals surface area contributed by atoms with Crippen molar-refractivity contribution in [1.82, 2.24) is 9.55 Å². The van der Waals surface area contributed by atoms with Crippen LogP contribution in [0.1, 0.15) is 27.9 Å². The van der Waals surface area contributed by atoms with Gasteiger partial charge >= 0.3 is 0 Å². The number of rotatable bonds is 2. The number of benzene rings is 2. The first kappa shape index (κ1) is 16.5. The Morgan fingerprint density at radius 2 is 1.62 bits per heavy atom. The number of pyridine rings is 2. The second-order valence-electron chi connectivity index (χ2n) is 7.08. The quantitative estimate of drug-likeness (QED) is 0.523. The Kier molecular flexibility index (Phi) is 3.87. The van der Waals surface area contributed by atoms with E-state index in [1.54, 1.807) is 0 Å². The van der Waals surface area contributed by atoms with Crippen molar-refractivity contribution in [3.8, 4) is 0 Å². The zero-order valence-corrected chi connectivity index (χ0v) is 15.6. The third kappa shape index (κ3) is 2.60. The fourth-order valence-electron chi connectivity index (χ4n) is 3.58. The monoisotopic (exact) mass is 342 g/mol. The van der Waals surface area contributed by atoms with Gasteiger partial charge in [0.2, 0.25) is 0 Å². The van der Waals surface area contributed by atoms with Gasteiger partial charge in [0.15, 0.2) is 0 Å². The van der Waals surface area contributed by atoms with Crippen LogP contribution in [0.4, 0.5) is 0 Å². The molecule has 130 valence electrons. The zero-order chi connectivity index (χ0) is 18.4. The molecule has 0 saturated heterocycles. The van der Waals surface area contributed by atoms with E-state index in [0.29, 0.717) is 6.54 Å². The summed E-state index contributed by atoms with van der Waals surface area (Å²) in [5, 5.41) is 3.45. The molecule has 2 aromatic heterocycles. The summed E-state index contributed by atoms with van der Waals surface area (Å²) in [7, 11) is 0. The molecule has 0 fully saturated rings. The molecule has 2 heterocycles. The highest BCUT2D eigenvalue weighted by Crippen LogP contribution is 2.23. The molecule has 0 aliphatic rings. The van der Waals surface area contributed by atoms with E-state index < -0.39 is 0 Å². The predicted octanol–water partition coefficient (Wildman–Crippen LogP) is 4.83. The van der Waals surface area contributed by atoms with E-state index in [2.05, 4.69) is 44.2 Å². The highest BCUT2D eigenvalue weighted by molar-refractivity contribution is 5.83. The van der Waals surface area contributed by atoms with Crippen molar-refractivity contribution in [3.05, 3.63) is 86.8 Å². The van der Waals surface area contributed by atoms with E-state index in [4.69, 9.17) is 4.98 Å². The van der Waals surface area contributed by atoms with Gasteiger partial charge in [0.05, 0.1) is 6.54 Å². The normalized spacial score (nSPS) is 11.4. The van der Waals surface area contributed by atoms with Crippen LogP contribution in [0.2, 0.25) is 0 Å². The highest BCUT2D eigenvalue weighted by Gasteiger charge is 2.13. The van der Waals surface area contributed by atoms with E-state index in [9.17, 15) is 4.79 Å². The number of aromatic nitrogens is 2. The predicted molar refractivity (Wildman–Crippen MR) is 108 cm³/mol. The van der Waals surface area contributed by atoms with Crippen LogP contribution >= 0.6 is 0 Å². The molecule has 2 aromatic carbocycles. The van der Waals surface area contributed by atoms with Gasteiger partial charge in [0.1, 0.15) is 5.65 Å². The Balaban J connectivity index is 1.94. The van der Waals surface area contributed by atoms with Crippen molar-refractivity contribution in [1.29, 1.82) is 0 Å². The number of nitrogens with zero attached hydrogens (tertiary/aromatic N) is 2.